The molecule has 2 heterocycles. The summed E-state index contributed by atoms with van der Waals surface area (Å²) >= 11 is 6.24. The number of carbonyl (C=O) groups is 12. The van der Waals surface area contributed by atoms with Crippen molar-refractivity contribution in [3.05, 3.63) is 143 Å². The molecule has 10 atom stereocenters. The van der Waals surface area contributed by atoms with Gasteiger partial charge in [-0.3, -0.25) is 57.7 Å². The standard InChI is InChI=1S/C74H100ClN15O14/c1-43(2)35-57(66(96)84-56(19-10-11-32-79-44(3)4)73(103)90-34-14-20-63(90)72(102)81-45(5)64(76)94)85-65(95)55(18-9-12-33-80-74(77)104)83-68(98)59(38-48-24-29-54(93)30-25-48)88-71(101)62(42-91)89-70(100)61(40-50-15-13-31-78-41-50)87-69(99)60(37-47-22-27-53(75)28-23-47)86-67(97)58(82-46(6)92)39-49-21-26-51-16-7-8-17-52(51)36-49/h7-8,13,15-17,21-31,36,41,43-45,55-63,79,91,93H,9-12,14,18-20,32-35,37-40,42H2,1-6H3,(H2,76,94)(H,81,102)(H,82,92)(H,83,98)(H,84,96)(H,85,95)(H,86,97)(H,87,99)(H,88,101)(H,89,100)(H3,77,80,104)/t45-,55-,56+,57-,58-,59+,60-,61-,62+,63+/m1/s1. The highest BCUT2D eigenvalue weighted by molar-refractivity contribution is 6.30. The number of nitrogens with one attached hydrogen (secondary N) is 11. The second-order valence-corrected chi connectivity index (χ2v) is 27.3. The first-order valence-corrected chi connectivity index (χ1v) is 35.5. The molecule has 562 valence electrons. The molecule has 29 nitrogen and oxygen atoms in total. The van der Waals surface area contributed by atoms with Gasteiger partial charge in [0.25, 0.3) is 0 Å². The first-order valence-electron chi connectivity index (χ1n) is 35.1. The molecule has 0 aliphatic carbocycles. The zero-order valence-electron chi connectivity index (χ0n) is 59.6. The van der Waals surface area contributed by atoms with Crippen molar-refractivity contribution in [1.29, 1.82) is 0 Å². The maximum atomic E-state index is 15.0. The van der Waals surface area contributed by atoms with Crippen LogP contribution in [0, 0.1) is 5.92 Å². The second kappa shape index (κ2) is 41.7. The first-order chi connectivity index (χ1) is 49.6. The predicted octanol–water partition coefficient (Wildman–Crippen LogP) is 1.79. The number of phenols is 1. The molecule has 0 unspecified atom stereocenters. The normalized spacial score (nSPS) is 15.3. The number of hydrogen-bond donors (Lipinski definition) is 15. The van der Waals surface area contributed by atoms with E-state index in [0.717, 1.165) is 10.8 Å². The number of unbranched alkanes of at least 4 members (excludes halogenated alkanes) is 2. The Hall–Kier alpha value is -10.3. The SMILES string of the molecule is CC(=O)N[C@H](Cc1ccc2ccccc2c1)C(=O)N[C@H](Cc1ccc(Cl)cc1)C(=O)N[C@H](Cc1cccnc1)C(=O)N[C@@H](CO)C(=O)N[C@@H](Cc1ccc(O)cc1)C(=O)N[C@H](CCCCNC(N)=O)C(=O)N[C@H](CC(C)C)C(=O)N[C@@H](CCCCNC(C)C)C(=O)N1CCC[C@H]1C(=O)N[C@H](C)C(N)=O. The highest BCUT2D eigenvalue weighted by Crippen LogP contribution is 2.23. The number of carbonyl (C=O) groups excluding carboxylic acids is 12. The number of nitrogens with two attached hydrogens (primary N) is 2. The average molecular weight is 1460 g/mol. The van der Waals surface area contributed by atoms with Crippen molar-refractivity contribution in [2.45, 2.75) is 191 Å². The fraction of sp³-hybridized carbons (Fsp3) is 0.473. The smallest absolute Gasteiger partial charge is 0.312 e. The van der Waals surface area contributed by atoms with Crippen molar-refractivity contribution in [1.82, 2.24) is 68.4 Å². The predicted molar refractivity (Wildman–Crippen MR) is 390 cm³/mol. The number of hydrogen-bond acceptors (Lipinski definition) is 16. The fourth-order valence-electron chi connectivity index (χ4n) is 11.9. The lowest BCUT2D eigenvalue weighted by atomic mass is 9.99. The van der Waals surface area contributed by atoms with E-state index >= 15 is 0 Å². The van der Waals surface area contributed by atoms with Gasteiger partial charge < -0.3 is 85.1 Å². The van der Waals surface area contributed by atoms with Gasteiger partial charge in [0.2, 0.25) is 65.0 Å². The molecule has 0 spiro atoms. The van der Waals surface area contributed by atoms with Crippen molar-refractivity contribution in [3.63, 3.8) is 0 Å². The number of aliphatic hydroxyl groups excluding tert-OH is 1. The Morgan fingerprint density at radius 1 is 0.538 bits per heavy atom. The lowest BCUT2D eigenvalue weighted by Gasteiger charge is -2.31. The minimum Gasteiger partial charge on any atom is -0.508 e. The number of urea groups is 1. The summed E-state index contributed by atoms with van der Waals surface area (Å²) in [5, 5.41) is 53.5. The largest absolute Gasteiger partial charge is 0.508 e. The van der Waals surface area contributed by atoms with Gasteiger partial charge in [0, 0.05) is 69.2 Å². The number of aromatic nitrogens is 1. The molecule has 4 aromatic carbocycles. The molecule has 30 heteroatoms. The molecule has 1 fully saturated rings. The van der Waals surface area contributed by atoms with Crippen LogP contribution in [-0.4, -0.2) is 184 Å². The van der Waals surface area contributed by atoms with E-state index in [1.807, 2.05) is 56.3 Å². The molecular formula is C74H100ClN15O14. The number of pyridine rings is 1. The second-order valence-electron chi connectivity index (χ2n) is 26.9. The summed E-state index contributed by atoms with van der Waals surface area (Å²) < 4.78 is 0. The van der Waals surface area contributed by atoms with Gasteiger partial charge >= 0.3 is 6.03 Å². The highest BCUT2D eigenvalue weighted by Gasteiger charge is 2.40. The van der Waals surface area contributed by atoms with Crippen LogP contribution in [-0.2, 0) is 78.4 Å². The number of nitrogens with zero attached hydrogens (tertiary/aromatic N) is 2. The molecule has 1 aliphatic heterocycles. The number of aromatic hydroxyl groups is 1. The topological polar surface area (TPSA) is 446 Å². The number of fused-ring (bicyclic) bond motifs is 1. The first kappa shape index (κ1) is 82.7. The Labute approximate surface area is 610 Å². The molecular weight excluding hydrogens is 1360 g/mol. The van der Waals surface area contributed by atoms with Crippen LogP contribution in [0.2, 0.25) is 5.02 Å². The minimum atomic E-state index is -1.83. The number of halogens is 1. The van der Waals surface area contributed by atoms with Crippen molar-refractivity contribution >= 4 is 93.4 Å². The molecule has 0 radical (unpaired) electrons. The molecule has 0 saturated carbocycles. The number of benzene rings is 4. The van der Waals surface area contributed by atoms with E-state index < -0.39 is 138 Å². The van der Waals surface area contributed by atoms with Crippen molar-refractivity contribution in [3.8, 4) is 5.75 Å². The van der Waals surface area contributed by atoms with E-state index in [-0.39, 0.29) is 95.0 Å². The summed E-state index contributed by atoms with van der Waals surface area (Å²) in [7, 11) is 0. The van der Waals surface area contributed by atoms with Gasteiger partial charge in [0.05, 0.1) is 6.61 Å². The Bertz CT molecular complexity index is 3740. The summed E-state index contributed by atoms with van der Waals surface area (Å²) in [6.45, 7) is 10.1. The molecule has 1 aromatic heterocycles. The van der Waals surface area contributed by atoms with Crippen LogP contribution in [0.15, 0.2) is 116 Å². The van der Waals surface area contributed by atoms with Crippen LogP contribution in [0.4, 0.5) is 4.79 Å². The zero-order chi connectivity index (χ0) is 76.0. The zero-order valence-corrected chi connectivity index (χ0v) is 60.4. The van der Waals surface area contributed by atoms with E-state index in [1.54, 1.807) is 50.2 Å². The average Bonchev–Trinajstić information content (AvgIpc) is 1.63. The third kappa shape index (κ3) is 27.5. The molecule has 6 rings (SSSR count). The number of amides is 13. The monoisotopic (exact) mass is 1460 g/mol. The van der Waals surface area contributed by atoms with E-state index in [0.29, 0.717) is 53.1 Å². The van der Waals surface area contributed by atoms with Crippen molar-refractivity contribution in [2.24, 2.45) is 17.4 Å². The van der Waals surface area contributed by atoms with Crippen LogP contribution < -0.4 is 70.0 Å². The molecule has 13 amide bonds. The lowest BCUT2D eigenvalue weighted by Crippen LogP contribution is -2.61. The third-order valence-corrected chi connectivity index (χ3v) is 17.7. The maximum Gasteiger partial charge on any atom is 0.312 e. The van der Waals surface area contributed by atoms with Crippen LogP contribution in [0.5, 0.6) is 5.75 Å². The Balaban J connectivity index is 1.26. The Morgan fingerprint density at radius 3 is 1.59 bits per heavy atom. The molecule has 0 bridgehead atoms. The highest BCUT2D eigenvalue weighted by atomic mass is 35.5. The summed E-state index contributed by atoms with van der Waals surface area (Å²) in [5.41, 5.74) is 12.8. The number of likely N-dealkylation sites (tertiary alicyclic amines) is 1. The number of rotatable bonds is 41. The van der Waals surface area contributed by atoms with Crippen LogP contribution in [0.3, 0.4) is 0 Å². The maximum absolute atomic E-state index is 15.0. The van der Waals surface area contributed by atoms with Gasteiger partial charge in [-0.15, -0.1) is 0 Å². The Kier molecular flexibility index (Phi) is 33.2. The van der Waals surface area contributed by atoms with Crippen molar-refractivity contribution in [2.75, 3.05) is 26.2 Å². The quantitative estimate of drug-likeness (QED) is 0.0248. The fourth-order valence-corrected chi connectivity index (χ4v) is 12.1. The van der Waals surface area contributed by atoms with Gasteiger partial charge in [-0.05, 0) is 141 Å². The Morgan fingerprint density at radius 2 is 1.03 bits per heavy atom. The lowest BCUT2D eigenvalue weighted by molar-refractivity contribution is -0.142. The van der Waals surface area contributed by atoms with Gasteiger partial charge in [0.15, 0.2) is 0 Å². The van der Waals surface area contributed by atoms with Gasteiger partial charge in [-0.1, -0.05) is 112 Å². The summed E-state index contributed by atoms with van der Waals surface area (Å²) in [4.78, 5) is 173. The van der Waals surface area contributed by atoms with E-state index in [2.05, 4.69) is 63.5 Å². The van der Waals surface area contributed by atoms with E-state index in [9.17, 15) is 67.7 Å². The van der Waals surface area contributed by atoms with Gasteiger partial charge in [0.1, 0.15) is 66.2 Å². The van der Waals surface area contributed by atoms with Crippen LogP contribution in [0.25, 0.3) is 10.8 Å². The van der Waals surface area contributed by atoms with Crippen LogP contribution >= 0.6 is 11.6 Å². The molecule has 104 heavy (non-hydrogen) atoms. The molecule has 5 aromatic rings. The summed E-state index contributed by atoms with van der Waals surface area (Å²) in [6.07, 6.45) is 4.59. The number of phenolic OH excluding ortho intramolecular Hbond substituents is 1. The molecule has 1 aliphatic rings. The van der Waals surface area contributed by atoms with E-state index in [1.165, 1.54) is 55.4 Å². The number of aliphatic hydroxyl groups is 1. The van der Waals surface area contributed by atoms with Gasteiger partial charge in [-0.25, -0.2) is 4.79 Å². The van der Waals surface area contributed by atoms with Gasteiger partial charge in [-0.2, -0.15) is 0 Å². The van der Waals surface area contributed by atoms with Crippen molar-refractivity contribution < 1.29 is 67.7 Å². The summed E-state index contributed by atoms with van der Waals surface area (Å²) in [6, 6.07) is 14.4. The minimum absolute atomic E-state index is 0.0327. The molecule has 1 saturated heterocycles. The van der Waals surface area contributed by atoms with E-state index in [4.69, 9.17) is 23.1 Å². The number of primary amides is 2. The molecule has 17 N–H and O–H groups in total. The summed E-state index contributed by atoms with van der Waals surface area (Å²) in [5.74, 6) is -9.07. The third-order valence-electron chi connectivity index (χ3n) is 17.5. The van der Waals surface area contributed by atoms with Crippen LogP contribution in [0.1, 0.15) is 122 Å².